The first-order valence-electron chi connectivity index (χ1n) is 9.05. The molecule has 5 nitrogen and oxygen atoms in total. The summed E-state index contributed by atoms with van der Waals surface area (Å²) >= 11 is 0. The second-order valence-electron chi connectivity index (χ2n) is 6.63. The van der Waals surface area contributed by atoms with Crippen molar-refractivity contribution in [3.8, 4) is 0 Å². The van der Waals surface area contributed by atoms with Crippen LogP contribution < -0.4 is 16.0 Å². The van der Waals surface area contributed by atoms with Crippen molar-refractivity contribution in [2.24, 2.45) is 0 Å². The fourth-order valence-electron chi connectivity index (χ4n) is 2.72. The van der Waals surface area contributed by atoms with Crippen molar-refractivity contribution in [1.29, 1.82) is 0 Å². The number of carbonyl (C=O) groups excluding carboxylic acids is 2. The summed E-state index contributed by atoms with van der Waals surface area (Å²) in [6.45, 7) is 7.26. The summed E-state index contributed by atoms with van der Waals surface area (Å²) < 4.78 is 13.7. The van der Waals surface area contributed by atoms with Crippen molar-refractivity contribution < 1.29 is 14.0 Å². The highest BCUT2D eigenvalue weighted by Crippen LogP contribution is 2.27. The average molecular weight is 371 g/mol. The van der Waals surface area contributed by atoms with Gasteiger partial charge in [-0.1, -0.05) is 32.0 Å². The second kappa shape index (κ2) is 9.16. The molecule has 0 heterocycles. The van der Waals surface area contributed by atoms with Gasteiger partial charge in [-0.2, -0.15) is 0 Å². The summed E-state index contributed by atoms with van der Waals surface area (Å²) in [5, 5.41) is 8.42. The molecule has 0 radical (unpaired) electrons. The molecule has 0 saturated heterocycles. The molecule has 0 saturated carbocycles. The van der Waals surface area contributed by atoms with E-state index in [-0.39, 0.29) is 17.5 Å². The van der Waals surface area contributed by atoms with Crippen LogP contribution >= 0.6 is 0 Å². The van der Waals surface area contributed by atoms with Gasteiger partial charge in [-0.15, -0.1) is 0 Å². The Morgan fingerprint density at radius 1 is 1.04 bits per heavy atom. The second-order valence-corrected chi connectivity index (χ2v) is 6.63. The molecule has 2 atom stereocenters. The smallest absolute Gasteiger partial charge is 0.246 e. The average Bonchev–Trinajstić information content (AvgIpc) is 2.63. The maximum Gasteiger partial charge on any atom is 0.246 e. The quantitative estimate of drug-likeness (QED) is 0.658. The molecule has 0 aliphatic carbocycles. The van der Waals surface area contributed by atoms with Crippen molar-refractivity contribution in [2.45, 2.75) is 46.1 Å². The molecular weight excluding hydrogens is 345 g/mol. The lowest BCUT2D eigenvalue weighted by Gasteiger charge is -2.19. The molecule has 0 aliphatic rings. The third kappa shape index (κ3) is 5.54. The molecule has 2 rings (SSSR count). The van der Waals surface area contributed by atoms with Crippen LogP contribution in [0.1, 0.15) is 45.6 Å². The highest BCUT2D eigenvalue weighted by Gasteiger charge is 2.16. The van der Waals surface area contributed by atoms with Crippen LogP contribution in [-0.2, 0) is 9.59 Å². The van der Waals surface area contributed by atoms with Gasteiger partial charge in [0.25, 0.3) is 0 Å². The van der Waals surface area contributed by atoms with Gasteiger partial charge in [-0.05, 0) is 49.1 Å². The standard InChI is InChI=1S/C21H26FN3O2/c1-5-13(2)17-8-6-7-9-19(17)25-21(27)14(3)23-16-10-11-18(22)20(12-16)24-15(4)26/h6-14,23H,5H2,1-4H3,(H,24,26)(H,25,27)/t13-,14+/m0/s1. The monoisotopic (exact) mass is 371 g/mol. The number of amides is 2. The van der Waals surface area contributed by atoms with Gasteiger partial charge in [0.05, 0.1) is 5.69 Å². The summed E-state index contributed by atoms with van der Waals surface area (Å²) in [6.07, 6.45) is 0.974. The van der Waals surface area contributed by atoms with Crippen LogP contribution in [0.3, 0.4) is 0 Å². The number of halogens is 1. The topological polar surface area (TPSA) is 70.2 Å². The predicted molar refractivity (Wildman–Crippen MR) is 108 cm³/mol. The molecule has 2 aromatic carbocycles. The van der Waals surface area contributed by atoms with E-state index in [4.69, 9.17) is 0 Å². The minimum Gasteiger partial charge on any atom is -0.374 e. The first kappa shape index (κ1) is 20.4. The van der Waals surface area contributed by atoms with Crippen LogP contribution in [0.2, 0.25) is 0 Å². The van der Waals surface area contributed by atoms with Gasteiger partial charge in [-0.3, -0.25) is 9.59 Å². The van der Waals surface area contributed by atoms with Gasteiger partial charge >= 0.3 is 0 Å². The Morgan fingerprint density at radius 2 is 1.74 bits per heavy atom. The number of hydrogen-bond acceptors (Lipinski definition) is 3. The van der Waals surface area contributed by atoms with Crippen molar-refractivity contribution in [3.63, 3.8) is 0 Å². The van der Waals surface area contributed by atoms with E-state index in [0.717, 1.165) is 17.7 Å². The molecule has 0 aliphatic heterocycles. The molecular formula is C21H26FN3O2. The third-order valence-electron chi connectivity index (χ3n) is 4.42. The SMILES string of the molecule is CC[C@H](C)c1ccccc1NC(=O)[C@@H](C)Nc1ccc(F)c(NC(C)=O)c1. The Morgan fingerprint density at radius 3 is 2.41 bits per heavy atom. The zero-order valence-corrected chi connectivity index (χ0v) is 16.1. The van der Waals surface area contributed by atoms with E-state index in [1.165, 1.54) is 25.1 Å². The number of para-hydroxylation sites is 1. The van der Waals surface area contributed by atoms with Crippen molar-refractivity contribution in [3.05, 3.63) is 53.8 Å². The molecule has 3 N–H and O–H groups in total. The van der Waals surface area contributed by atoms with Gasteiger partial charge in [0.1, 0.15) is 11.9 Å². The third-order valence-corrected chi connectivity index (χ3v) is 4.42. The highest BCUT2D eigenvalue weighted by molar-refractivity contribution is 5.97. The van der Waals surface area contributed by atoms with E-state index in [0.29, 0.717) is 11.6 Å². The van der Waals surface area contributed by atoms with Crippen LogP contribution in [0.25, 0.3) is 0 Å². The van der Waals surface area contributed by atoms with Crippen molar-refractivity contribution in [2.75, 3.05) is 16.0 Å². The van der Waals surface area contributed by atoms with Crippen LogP contribution in [0, 0.1) is 5.82 Å². The predicted octanol–water partition coefficient (Wildman–Crippen LogP) is 4.74. The van der Waals surface area contributed by atoms with Gasteiger partial charge in [0.15, 0.2) is 0 Å². The van der Waals surface area contributed by atoms with Gasteiger partial charge in [0.2, 0.25) is 11.8 Å². The van der Waals surface area contributed by atoms with Crippen LogP contribution in [0.15, 0.2) is 42.5 Å². The molecule has 0 unspecified atom stereocenters. The van der Waals surface area contributed by atoms with E-state index in [1.807, 2.05) is 24.3 Å². The Labute approximate surface area is 159 Å². The highest BCUT2D eigenvalue weighted by atomic mass is 19.1. The molecule has 0 bridgehead atoms. The van der Waals surface area contributed by atoms with Gasteiger partial charge < -0.3 is 16.0 Å². The van der Waals surface area contributed by atoms with E-state index >= 15 is 0 Å². The van der Waals surface area contributed by atoms with Crippen molar-refractivity contribution in [1.82, 2.24) is 0 Å². The summed E-state index contributed by atoms with van der Waals surface area (Å²) in [5.74, 6) is -0.757. The molecule has 144 valence electrons. The van der Waals surface area contributed by atoms with E-state index < -0.39 is 11.9 Å². The fourth-order valence-corrected chi connectivity index (χ4v) is 2.72. The number of carbonyl (C=O) groups is 2. The minimum atomic E-state index is -0.550. The maximum absolute atomic E-state index is 13.7. The zero-order chi connectivity index (χ0) is 20.0. The molecule has 0 aromatic heterocycles. The van der Waals surface area contributed by atoms with E-state index in [2.05, 4.69) is 29.8 Å². The molecule has 2 amide bonds. The molecule has 27 heavy (non-hydrogen) atoms. The molecule has 6 heteroatoms. The first-order valence-corrected chi connectivity index (χ1v) is 9.05. The Kier molecular flexibility index (Phi) is 6.93. The molecule has 2 aromatic rings. The summed E-state index contributed by atoms with van der Waals surface area (Å²) in [4.78, 5) is 23.8. The van der Waals surface area contributed by atoms with Crippen LogP contribution in [0.5, 0.6) is 0 Å². The maximum atomic E-state index is 13.7. The number of hydrogen-bond donors (Lipinski definition) is 3. The Bertz CT molecular complexity index is 823. The van der Waals surface area contributed by atoms with E-state index in [9.17, 15) is 14.0 Å². The number of anilines is 3. The van der Waals surface area contributed by atoms with Gasteiger partial charge in [-0.25, -0.2) is 4.39 Å². The van der Waals surface area contributed by atoms with Crippen LogP contribution in [0.4, 0.5) is 21.5 Å². The molecule has 0 spiro atoms. The summed E-state index contributed by atoms with van der Waals surface area (Å²) in [5.41, 5.74) is 2.50. The first-order chi connectivity index (χ1) is 12.8. The normalized spacial score (nSPS) is 12.8. The number of benzene rings is 2. The Hall–Kier alpha value is -2.89. The van der Waals surface area contributed by atoms with Crippen LogP contribution in [-0.4, -0.2) is 17.9 Å². The largest absolute Gasteiger partial charge is 0.374 e. The zero-order valence-electron chi connectivity index (χ0n) is 16.1. The molecule has 0 fully saturated rings. The number of rotatable bonds is 7. The van der Waals surface area contributed by atoms with Crippen molar-refractivity contribution >= 4 is 28.9 Å². The lowest BCUT2D eigenvalue weighted by atomic mass is 9.97. The van der Waals surface area contributed by atoms with Gasteiger partial charge in [0, 0.05) is 18.3 Å². The minimum absolute atomic E-state index is 0.0715. The Balaban J connectivity index is 2.10. The lowest BCUT2D eigenvalue weighted by Crippen LogP contribution is -2.32. The lowest BCUT2D eigenvalue weighted by molar-refractivity contribution is -0.116. The summed E-state index contributed by atoms with van der Waals surface area (Å²) in [7, 11) is 0. The fraction of sp³-hybridized carbons (Fsp3) is 0.333. The van der Waals surface area contributed by atoms with E-state index in [1.54, 1.807) is 6.92 Å². The summed E-state index contributed by atoms with van der Waals surface area (Å²) in [6, 6.07) is 11.4. The number of nitrogens with one attached hydrogen (secondary N) is 3.